The number of nitrogens with zero attached hydrogens (tertiary/aromatic N) is 1. The molecular weight excluding hydrogens is 486 g/mol. The number of rotatable bonds is 10. The third-order valence-corrected chi connectivity index (χ3v) is 6.48. The van der Waals surface area contributed by atoms with E-state index in [0.29, 0.717) is 22.0 Å². The van der Waals surface area contributed by atoms with E-state index in [2.05, 4.69) is 5.32 Å². The maximum Gasteiger partial charge on any atom is 0.243 e. The molecule has 0 saturated carbocycles. The van der Waals surface area contributed by atoms with Crippen LogP contribution in [0.1, 0.15) is 37.0 Å². The SMILES string of the molecule is CCC(C)NC(=O)C(Cc1ccccc1)N(Cc1ccc(F)cc1)C(=O)Cc1ccc(Cl)cc1Cl. The first-order chi connectivity index (χ1) is 16.8. The van der Waals surface area contributed by atoms with Crippen molar-refractivity contribution >= 4 is 35.0 Å². The number of carbonyl (C=O) groups excluding carboxylic acids is 2. The number of amides is 2. The van der Waals surface area contributed by atoms with Crippen molar-refractivity contribution in [1.82, 2.24) is 10.2 Å². The summed E-state index contributed by atoms with van der Waals surface area (Å²) in [6.45, 7) is 4.06. The maximum absolute atomic E-state index is 13.7. The van der Waals surface area contributed by atoms with Crippen LogP contribution in [-0.4, -0.2) is 28.8 Å². The quantitative estimate of drug-likeness (QED) is 0.348. The average Bonchev–Trinajstić information content (AvgIpc) is 2.84. The largest absolute Gasteiger partial charge is 0.352 e. The Bertz CT molecular complexity index is 1140. The summed E-state index contributed by atoms with van der Waals surface area (Å²) in [6, 6.07) is 19.7. The van der Waals surface area contributed by atoms with Crippen molar-refractivity contribution in [2.24, 2.45) is 0 Å². The van der Waals surface area contributed by atoms with E-state index >= 15 is 0 Å². The van der Waals surface area contributed by atoms with Gasteiger partial charge in [-0.3, -0.25) is 9.59 Å². The van der Waals surface area contributed by atoms with Gasteiger partial charge < -0.3 is 10.2 Å². The minimum absolute atomic E-state index is 0.000895. The maximum atomic E-state index is 13.7. The Balaban J connectivity index is 1.98. The molecule has 3 aromatic carbocycles. The lowest BCUT2D eigenvalue weighted by molar-refractivity contribution is -0.141. The molecule has 1 N–H and O–H groups in total. The Morgan fingerprint density at radius 3 is 2.29 bits per heavy atom. The first-order valence-electron chi connectivity index (χ1n) is 11.6. The van der Waals surface area contributed by atoms with Gasteiger partial charge >= 0.3 is 0 Å². The van der Waals surface area contributed by atoms with E-state index in [1.54, 1.807) is 35.2 Å². The number of hydrogen-bond acceptors (Lipinski definition) is 2. The fourth-order valence-electron chi connectivity index (χ4n) is 3.71. The molecule has 0 fully saturated rings. The first-order valence-corrected chi connectivity index (χ1v) is 12.3. The van der Waals surface area contributed by atoms with Gasteiger partial charge in [0.2, 0.25) is 11.8 Å². The molecule has 0 aromatic heterocycles. The highest BCUT2D eigenvalue weighted by atomic mass is 35.5. The van der Waals surface area contributed by atoms with Gasteiger partial charge in [-0.25, -0.2) is 4.39 Å². The second-order valence-corrected chi connectivity index (χ2v) is 9.43. The topological polar surface area (TPSA) is 49.4 Å². The Morgan fingerprint density at radius 2 is 1.66 bits per heavy atom. The average molecular weight is 515 g/mol. The van der Waals surface area contributed by atoms with Crippen LogP contribution in [0.25, 0.3) is 0 Å². The lowest BCUT2D eigenvalue weighted by Gasteiger charge is -2.32. The van der Waals surface area contributed by atoms with Crippen LogP contribution < -0.4 is 5.32 Å². The van der Waals surface area contributed by atoms with Crippen LogP contribution in [-0.2, 0) is 29.0 Å². The van der Waals surface area contributed by atoms with E-state index in [1.807, 2.05) is 44.2 Å². The van der Waals surface area contributed by atoms with Crippen molar-refractivity contribution in [3.05, 3.63) is 105 Å². The second kappa shape index (κ2) is 12.7. The molecule has 0 saturated heterocycles. The molecule has 2 amide bonds. The summed E-state index contributed by atoms with van der Waals surface area (Å²) >= 11 is 12.4. The zero-order valence-electron chi connectivity index (χ0n) is 19.8. The minimum Gasteiger partial charge on any atom is -0.352 e. The van der Waals surface area contributed by atoms with Gasteiger partial charge in [-0.15, -0.1) is 0 Å². The molecule has 3 rings (SSSR count). The van der Waals surface area contributed by atoms with Gasteiger partial charge in [-0.1, -0.05) is 78.7 Å². The monoisotopic (exact) mass is 514 g/mol. The van der Waals surface area contributed by atoms with Crippen LogP contribution in [0, 0.1) is 5.82 Å². The molecule has 35 heavy (non-hydrogen) atoms. The van der Waals surface area contributed by atoms with Gasteiger partial charge in [0, 0.05) is 29.1 Å². The van der Waals surface area contributed by atoms with E-state index in [9.17, 15) is 14.0 Å². The van der Waals surface area contributed by atoms with Crippen LogP contribution >= 0.6 is 23.2 Å². The second-order valence-electron chi connectivity index (χ2n) is 8.58. The molecule has 7 heteroatoms. The fraction of sp³-hybridized carbons (Fsp3) is 0.286. The minimum atomic E-state index is -0.768. The molecule has 0 aliphatic rings. The van der Waals surface area contributed by atoms with E-state index in [1.165, 1.54) is 12.1 Å². The van der Waals surface area contributed by atoms with E-state index < -0.39 is 6.04 Å². The van der Waals surface area contributed by atoms with Crippen LogP contribution in [0.5, 0.6) is 0 Å². The van der Waals surface area contributed by atoms with Gasteiger partial charge in [-0.05, 0) is 54.3 Å². The molecule has 0 aliphatic carbocycles. The van der Waals surface area contributed by atoms with Crippen molar-refractivity contribution in [1.29, 1.82) is 0 Å². The van der Waals surface area contributed by atoms with Crippen molar-refractivity contribution in [2.75, 3.05) is 0 Å². The van der Waals surface area contributed by atoms with Crippen LogP contribution in [0.2, 0.25) is 10.0 Å². The number of carbonyl (C=O) groups is 2. The lowest BCUT2D eigenvalue weighted by atomic mass is 10.0. The number of hydrogen-bond donors (Lipinski definition) is 1. The standard InChI is InChI=1S/C28H29Cl2FN2O2/c1-3-19(2)32-28(35)26(15-20-7-5-4-6-8-20)33(18-21-9-13-24(31)14-10-21)27(34)16-22-11-12-23(29)17-25(22)30/h4-14,17,19,26H,3,15-16,18H2,1-2H3,(H,32,35). The molecule has 0 spiro atoms. The number of halogens is 3. The third-order valence-electron chi connectivity index (χ3n) is 5.90. The Morgan fingerprint density at radius 1 is 0.971 bits per heavy atom. The smallest absolute Gasteiger partial charge is 0.243 e. The molecule has 184 valence electrons. The summed E-state index contributed by atoms with van der Waals surface area (Å²) in [5, 5.41) is 3.89. The molecular formula is C28H29Cl2FN2O2. The molecule has 3 aromatic rings. The Labute approximate surface area is 216 Å². The summed E-state index contributed by atoms with van der Waals surface area (Å²) in [7, 11) is 0. The fourth-order valence-corrected chi connectivity index (χ4v) is 4.19. The predicted molar refractivity (Wildman–Crippen MR) is 139 cm³/mol. The third kappa shape index (κ3) is 7.81. The summed E-state index contributed by atoms with van der Waals surface area (Å²) in [4.78, 5) is 28.7. The highest BCUT2D eigenvalue weighted by Crippen LogP contribution is 2.23. The van der Waals surface area contributed by atoms with Crippen molar-refractivity contribution in [2.45, 2.75) is 51.7 Å². The van der Waals surface area contributed by atoms with Crippen molar-refractivity contribution in [3.8, 4) is 0 Å². The van der Waals surface area contributed by atoms with Gasteiger partial charge in [0.1, 0.15) is 11.9 Å². The Hall–Kier alpha value is -2.89. The lowest BCUT2D eigenvalue weighted by Crippen LogP contribution is -2.52. The van der Waals surface area contributed by atoms with Crippen LogP contribution in [0.15, 0.2) is 72.8 Å². The van der Waals surface area contributed by atoms with Crippen LogP contribution in [0.4, 0.5) is 4.39 Å². The van der Waals surface area contributed by atoms with Gasteiger partial charge in [-0.2, -0.15) is 0 Å². The van der Waals surface area contributed by atoms with E-state index in [4.69, 9.17) is 23.2 Å². The van der Waals surface area contributed by atoms with Crippen molar-refractivity contribution in [3.63, 3.8) is 0 Å². The highest BCUT2D eigenvalue weighted by molar-refractivity contribution is 6.35. The van der Waals surface area contributed by atoms with E-state index in [-0.39, 0.29) is 36.6 Å². The highest BCUT2D eigenvalue weighted by Gasteiger charge is 2.31. The number of benzene rings is 3. The molecule has 0 heterocycles. The zero-order chi connectivity index (χ0) is 25.4. The summed E-state index contributed by atoms with van der Waals surface area (Å²) in [6.07, 6.45) is 1.10. The van der Waals surface area contributed by atoms with Gasteiger partial charge in [0.15, 0.2) is 0 Å². The van der Waals surface area contributed by atoms with E-state index in [0.717, 1.165) is 17.5 Å². The van der Waals surface area contributed by atoms with Crippen molar-refractivity contribution < 1.29 is 14.0 Å². The van der Waals surface area contributed by atoms with Crippen LogP contribution in [0.3, 0.4) is 0 Å². The summed E-state index contributed by atoms with van der Waals surface area (Å²) < 4.78 is 13.5. The molecule has 4 nitrogen and oxygen atoms in total. The summed E-state index contributed by atoms with van der Waals surface area (Å²) in [5.41, 5.74) is 2.26. The first kappa shape index (κ1) is 26.7. The normalized spacial score (nSPS) is 12.6. The molecule has 0 bridgehead atoms. The predicted octanol–water partition coefficient (Wildman–Crippen LogP) is 6.23. The molecule has 2 atom stereocenters. The molecule has 2 unspecified atom stereocenters. The molecule has 0 aliphatic heterocycles. The number of nitrogens with one attached hydrogen (secondary N) is 1. The van der Waals surface area contributed by atoms with Gasteiger partial charge in [0.25, 0.3) is 0 Å². The molecule has 0 radical (unpaired) electrons. The van der Waals surface area contributed by atoms with Gasteiger partial charge in [0.05, 0.1) is 6.42 Å². The zero-order valence-corrected chi connectivity index (χ0v) is 21.3. The summed E-state index contributed by atoms with van der Waals surface area (Å²) in [5.74, 6) is -0.866. The Kier molecular flexibility index (Phi) is 9.70.